The monoisotopic (exact) mass is 293 g/mol. The molecule has 0 fully saturated rings. The van der Waals surface area contributed by atoms with Gasteiger partial charge in [0.15, 0.2) is 5.78 Å². The molecule has 0 aliphatic rings. The molecular weight excluding hydrogens is 274 g/mol. The fraction of sp³-hybridized carbons (Fsp3) is 0.158. The Kier molecular flexibility index (Phi) is 4.56. The summed E-state index contributed by atoms with van der Waals surface area (Å²) in [6.07, 6.45) is 0. The second kappa shape index (κ2) is 6.39. The summed E-state index contributed by atoms with van der Waals surface area (Å²) < 4.78 is 0. The van der Waals surface area contributed by atoms with Crippen LogP contribution in [0.5, 0.6) is 0 Å². The molecule has 0 aliphatic heterocycles. The first kappa shape index (κ1) is 15.7. The van der Waals surface area contributed by atoms with Gasteiger partial charge >= 0.3 is 0 Å². The Labute approximate surface area is 130 Å². The highest BCUT2D eigenvalue weighted by atomic mass is 16.1. The first-order valence-corrected chi connectivity index (χ1v) is 7.07. The maximum absolute atomic E-state index is 12.7. The van der Waals surface area contributed by atoms with Gasteiger partial charge in [-0.15, -0.1) is 0 Å². The maximum Gasteiger partial charge on any atom is 0.250 e. The molecule has 2 aromatic rings. The third-order valence-electron chi connectivity index (χ3n) is 3.37. The number of amides is 1. The van der Waals surface area contributed by atoms with Crippen molar-refractivity contribution in [2.24, 2.45) is 0 Å². The molecule has 2 aromatic carbocycles. The third kappa shape index (κ3) is 3.50. The molecule has 0 saturated heterocycles. The Morgan fingerprint density at radius 3 is 2.14 bits per heavy atom. The highest BCUT2D eigenvalue weighted by Gasteiger charge is 2.15. The predicted octanol–water partition coefficient (Wildman–Crippen LogP) is 4.05. The summed E-state index contributed by atoms with van der Waals surface area (Å²) in [6.45, 7) is 9.13. The highest BCUT2D eigenvalue weighted by molar-refractivity contribution is 6.15. The summed E-state index contributed by atoms with van der Waals surface area (Å²) in [5, 5.41) is 2.75. The molecule has 1 amide bonds. The lowest BCUT2D eigenvalue weighted by Crippen LogP contribution is -2.15. The first-order valence-electron chi connectivity index (χ1n) is 7.07. The number of rotatable bonds is 4. The van der Waals surface area contributed by atoms with Gasteiger partial charge in [0.25, 0.3) is 5.91 Å². The molecule has 0 heterocycles. The van der Waals surface area contributed by atoms with Crippen molar-refractivity contribution < 1.29 is 9.59 Å². The van der Waals surface area contributed by atoms with E-state index in [1.54, 1.807) is 31.2 Å². The van der Waals surface area contributed by atoms with Crippen molar-refractivity contribution in [1.29, 1.82) is 0 Å². The molecule has 1 N–H and O–H groups in total. The number of hydrogen-bond acceptors (Lipinski definition) is 2. The second-order valence-electron chi connectivity index (χ2n) is 5.48. The lowest BCUT2D eigenvalue weighted by molar-refractivity contribution is -0.112. The van der Waals surface area contributed by atoms with Crippen molar-refractivity contribution in [1.82, 2.24) is 0 Å². The molecule has 0 aliphatic carbocycles. The van der Waals surface area contributed by atoms with E-state index >= 15 is 0 Å². The van der Waals surface area contributed by atoms with Crippen molar-refractivity contribution >= 4 is 17.4 Å². The molecular formula is C19H19NO2. The molecule has 22 heavy (non-hydrogen) atoms. The zero-order valence-electron chi connectivity index (χ0n) is 13.1. The highest BCUT2D eigenvalue weighted by Crippen LogP contribution is 2.22. The number of anilines is 1. The van der Waals surface area contributed by atoms with Gasteiger partial charge in [-0.3, -0.25) is 9.59 Å². The topological polar surface area (TPSA) is 46.2 Å². The molecule has 3 heteroatoms. The minimum Gasteiger partial charge on any atom is -0.322 e. The fourth-order valence-corrected chi connectivity index (χ4v) is 2.05. The number of benzene rings is 2. The summed E-state index contributed by atoms with van der Waals surface area (Å²) in [4.78, 5) is 24.5. The average molecular weight is 293 g/mol. The Balaban J connectivity index is 2.41. The van der Waals surface area contributed by atoms with Crippen LogP contribution in [0, 0.1) is 13.8 Å². The number of carbonyl (C=O) groups is 2. The van der Waals surface area contributed by atoms with E-state index in [1.807, 2.05) is 32.0 Å². The van der Waals surface area contributed by atoms with Gasteiger partial charge in [0, 0.05) is 16.7 Å². The minimum atomic E-state index is -0.288. The lowest BCUT2D eigenvalue weighted by atomic mass is 9.99. The van der Waals surface area contributed by atoms with Gasteiger partial charge < -0.3 is 5.32 Å². The van der Waals surface area contributed by atoms with Crippen LogP contribution in [-0.2, 0) is 4.79 Å². The molecule has 0 bridgehead atoms. The van der Waals surface area contributed by atoms with E-state index in [1.165, 1.54) is 0 Å². The van der Waals surface area contributed by atoms with Gasteiger partial charge in [-0.2, -0.15) is 0 Å². The van der Waals surface area contributed by atoms with Crippen LogP contribution in [0.1, 0.15) is 34.0 Å². The SMILES string of the molecule is C=C(C)C(=O)Nc1cc(C)ccc1C(=O)c1ccc(C)cc1. The van der Waals surface area contributed by atoms with Gasteiger partial charge in [-0.1, -0.05) is 42.5 Å². The van der Waals surface area contributed by atoms with E-state index < -0.39 is 0 Å². The molecule has 0 spiro atoms. The van der Waals surface area contributed by atoms with Crippen LogP contribution in [0.2, 0.25) is 0 Å². The molecule has 3 nitrogen and oxygen atoms in total. The zero-order valence-corrected chi connectivity index (χ0v) is 13.1. The normalized spacial score (nSPS) is 10.1. The third-order valence-corrected chi connectivity index (χ3v) is 3.37. The first-order chi connectivity index (χ1) is 10.4. The van der Waals surface area contributed by atoms with Gasteiger partial charge in [0.1, 0.15) is 0 Å². The Morgan fingerprint density at radius 1 is 0.955 bits per heavy atom. The van der Waals surface area contributed by atoms with Crippen molar-refractivity contribution in [2.75, 3.05) is 5.32 Å². The van der Waals surface area contributed by atoms with Crippen molar-refractivity contribution in [3.05, 3.63) is 76.9 Å². The van der Waals surface area contributed by atoms with E-state index in [0.29, 0.717) is 22.4 Å². The van der Waals surface area contributed by atoms with Crippen LogP contribution < -0.4 is 5.32 Å². The molecule has 0 saturated carbocycles. The number of ketones is 1. The molecule has 0 atom stereocenters. The van der Waals surface area contributed by atoms with E-state index in [-0.39, 0.29) is 11.7 Å². The summed E-state index contributed by atoms with van der Waals surface area (Å²) in [5.41, 5.74) is 4.05. The van der Waals surface area contributed by atoms with Crippen LogP contribution in [-0.4, -0.2) is 11.7 Å². The van der Waals surface area contributed by atoms with Gasteiger partial charge in [-0.05, 0) is 38.5 Å². The average Bonchev–Trinajstić information content (AvgIpc) is 2.47. The fourth-order valence-electron chi connectivity index (χ4n) is 2.05. The van der Waals surface area contributed by atoms with Crippen LogP contribution >= 0.6 is 0 Å². The largest absolute Gasteiger partial charge is 0.322 e. The minimum absolute atomic E-state index is 0.114. The summed E-state index contributed by atoms with van der Waals surface area (Å²) in [5.74, 6) is -0.402. The molecule has 0 radical (unpaired) electrons. The smallest absolute Gasteiger partial charge is 0.250 e. The molecule has 0 aromatic heterocycles. The Hall–Kier alpha value is -2.68. The Bertz CT molecular complexity index is 743. The zero-order chi connectivity index (χ0) is 16.3. The lowest BCUT2D eigenvalue weighted by Gasteiger charge is -2.12. The van der Waals surface area contributed by atoms with Crippen molar-refractivity contribution in [3.63, 3.8) is 0 Å². The summed E-state index contributed by atoms with van der Waals surface area (Å²) in [6, 6.07) is 12.8. The van der Waals surface area contributed by atoms with E-state index in [9.17, 15) is 9.59 Å². The standard InChI is InChI=1S/C19H19NO2/c1-12(2)19(22)20-17-11-14(4)7-10-16(17)18(21)15-8-5-13(3)6-9-15/h5-11H,1H2,2-4H3,(H,20,22). The van der Waals surface area contributed by atoms with Gasteiger partial charge in [-0.25, -0.2) is 0 Å². The maximum atomic E-state index is 12.7. The van der Waals surface area contributed by atoms with Crippen molar-refractivity contribution in [2.45, 2.75) is 20.8 Å². The number of nitrogens with one attached hydrogen (secondary N) is 1. The van der Waals surface area contributed by atoms with Crippen molar-refractivity contribution in [3.8, 4) is 0 Å². The van der Waals surface area contributed by atoms with Gasteiger partial charge in [0.2, 0.25) is 0 Å². The molecule has 2 rings (SSSR count). The number of carbonyl (C=O) groups excluding carboxylic acids is 2. The van der Waals surface area contributed by atoms with Crippen LogP contribution in [0.25, 0.3) is 0 Å². The van der Waals surface area contributed by atoms with E-state index in [4.69, 9.17) is 0 Å². The van der Waals surface area contributed by atoms with Crippen LogP contribution in [0.15, 0.2) is 54.6 Å². The van der Waals surface area contributed by atoms with E-state index in [0.717, 1.165) is 11.1 Å². The predicted molar refractivity (Wildman–Crippen MR) is 89.2 cm³/mol. The number of aryl methyl sites for hydroxylation is 2. The number of hydrogen-bond donors (Lipinski definition) is 1. The quantitative estimate of drug-likeness (QED) is 0.683. The second-order valence-corrected chi connectivity index (χ2v) is 5.48. The summed E-state index contributed by atoms with van der Waals surface area (Å²) in [7, 11) is 0. The molecule has 0 unspecified atom stereocenters. The van der Waals surface area contributed by atoms with E-state index in [2.05, 4.69) is 11.9 Å². The molecule has 112 valence electrons. The van der Waals surface area contributed by atoms with Crippen LogP contribution in [0.3, 0.4) is 0 Å². The van der Waals surface area contributed by atoms with Crippen LogP contribution in [0.4, 0.5) is 5.69 Å². The van der Waals surface area contributed by atoms with Gasteiger partial charge in [0.05, 0.1) is 5.69 Å². The Morgan fingerprint density at radius 2 is 1.55 bits per heavy atom. The summed E-state index contributed by atoms with van der Waals surface area (Å²) >= 11 is 0.